The van der Waals surface area contributed by atoms with Gasteiger partial charge in [0, 0.05) is 53.5 Å². The predicted molar refractivity (Wildman–Crippen MR) is 92.5 cm³/mol. The van der Waals surface area contributed by atoms with E-state index in [9.17, 15) is 59.4 Å². The van der Waals surface area contributed by atoms with Crippen LogP contribution >= 0.6 is 0 Å². The molecule has 0 aliphatic rings. The standard InChI is InChI=1S/2C6H9NO6.CH2O3.2CH4O.2Fe.4K.2H2O.O/c2*8-4(9)1-7(2-5(10)11)3-6(12)13;2-1(3)4;2*1-2;;;;;;;;;/h2*1-3H2,(H,8,9)(H,10,11)(H,12,13);(H2,2,3,4);2*2H,1H3;;;;;;;2*1H2;/q;;;;;2*+4;4*+1;;;-2/p-8. The molecule has 0 heterocycles. The van der Waals surface area contributed by atoms with E-state index in [1.807, 2.05) is 0 Å². The number of hydrogen-bond donors (Lipinski definition) is 2. The molecule has 0 unspecified atom stereocenters. The van der Waals surface area contributed by atoms with Crippen LogP contribution in [0.25, 0.3) is 0 Å². The Labute approximate surface area is 436 Å². The first kappa shape index (κ1) is 91.1. The van der Waals surface area contributed by atoms with E-state index < -0.39 is 81.2 Å². The summed E-state index contributed by atoms with van der Waals surface area (Å²) in [5.41, 5.74) is 0. The Morgan fingerprint density at radius 3 is 0.535 bits per heavy atom. The fourth-order valence-corrected chi connectivity index (χ4v) is 1.43. The van der Waals surface area contributed by atoms with Gasteiger partial charge in [-0.2, -0.15) is 0 Å². The molecule has 0 fully saturated rings. The summed E-state index contributed by atoms with van der Waals surface area (Å²) in [6.07, 6.45) is -2.33. The van der Waals surface area contributed by atoms with Crippen LogP contribution in [-0.2, 0) is 68.4 Å². The van der Waals surface area contributed by atoms with Crippen molar-refractivity contribution in [2.75, 3.05) is 53.5 Å². The molecule has 0 bridgehead atoms. The zero-order valence-corrected chi connectivity index (χ0v) is 38.5. The first-order valence-corrected chi connectivity index (χ1v) is 7.97. The second-order valence-electron chi connectivity index (χ2n) is 4.77. The van der Waals surface area contributed by atoms with Gasteiger partial charge < -0.3 is 101 Å². The van der Waals surface area contributed by atoms with Crippen molar-refractivity contribution >= 4 is 42.0 Å². The number of carboxylic acid groups (broad SMARTS) is 8. The Kier molecular flexibility index (Phi) is 143. The van der Waals surface area contributed by atoms with E-state index >= 15 is 0 Å². The summed E-state index contributed by atoms with van der Waals surface area (Å²) in [5.74, 6) is -9.40. The van der Waals surface area contributed by atoms with Crippen LogP contribution < -0.4 is 246 Å². The van der Waals surface area contributed by atoms with Crippen LogP contribution in [0.15, 0.2) is 0 Å². The van der Waals surface area contributed by atoms with Crippen LogP contribution in [0.4, 0.5) is 4.79 Å². The second kappa shape index (κ2) is 67.5. The van der Waals surface area contributed by atoms with Gasteiger partial charge in [-0.25, -0.2) is 0 Å². The van der Waals surface area contributed by atoms with Gasteiger partial charge in [0.15, 0.2) is 0 Å². The minimum atomic E-state index is -2.33. The van der Waals surface area contributed by atoms with Crippen molar-refractivity contribution in [3.05, 3.63) is 0 Å². The molecule has 0 amide bonds. The van der Waals surface area contributed by atoms with Crippen LogP contribution in [0, 0.1) is 0 Å². The molecule has 0 aliphatic carbocycles. The zero-order chi connectivity index (χ0) is 28.4. The molecule has 0 atom stereocenters. The smallest absolute Gasteiger partial charge is 2.00 e. The third-order valence-electron chi connectivity index (χ3n) is 2.12. The maximum atomic E-state index is 9.99. The molecule has 6 N–H and O–H groups in total. The normalized spacial score (nSPS) is 6.84. The summed E-state index contributed by atoms with van der Waals surface area (Å²) < 4.78 is 0. The molecule has 0 aliphatic heterocycles. The van der Waals surface area contributed by atoms with Crippen molar-refractivity contribution in [1.82, 2.24) is 9.80 Å². The van der Waals surface area contributed by atoms with Crippen molar-refractivity contribution in [3.63, 3.8) is 0 Å². The van der Waals surface area contributed by atoms with Gasteiger partial charge in [0.05, 0.1) is 35.8 Å². The van der Waals surface area contributed by atoms with Crippen LogP contribution in [0.5, 0.6) is 0 Å². The molecule has 0 rings (SSSR count). The third-order valence-corrected chi connectivity index (χ3v) is 2.12. The number of carboxylic acids is 6. The third kappa shape index (κ3) is 114. The van der Waals surface area contributed by atoms with Crippen molar-refractivity contribution in [1.29, 1.82) is 0 Å². The Morgan fingerprint density at radius 2 is 0.488 bits per heavy atom. The van der Waals surface area contributed by atoms with Gasteiger partial charge in [-0.3, -0.25) is 9.80 Å². The van der Waals surface area contributed by atoms with Gasteiger partial charge in [0.1, 0.15) is 0 Å². The van der Waals surface area contributed by atoms with Gasteiger partial charge in [-0.05, 0) is 6.16 Å². The van der Waals surface area contributed by atoms with Crippen LogP contribution in [0.3, 0.4) is 0 Å². The maximum Gasteiger partial charge on any atom is 4.00 e. The fourth-order valence-electron chi connectivity index (χ4n) is 1.43. The van der Waals surface area contributed by atoms with Gasteiger partial charge in [-0.1, -0.05) is 0 Å². The van der Waals surface area contributed by atoms with Gasteiger partial charge in [0.2, 0.25) is 0 Å². The SMILES string of the molecule is CO.CO.O.O.O=C([O-])CN(CC(=O)[O-])CC(=O)[O-].O=C([O-])CN(CC(=O)[O-])CC(=O)[O-].O=C([O-])[O-].[Fe+4].[Fe+4].[K+].[K+].[K+].[K+].[O-2]. The van der Waals surface area contributed by atoms with Crippen molar-refractivity contribution in [2.24, 2.45) is 0 Å². The molecule has 43 heavy (non-hydrogen) atoms. The Balaban J connectivity index is -0.0000000224. The number of rotatable bonds is 12. The van der Waals surface area contributed by atoms with E-state index in [0.717, 1.165) is 14.2 Å². The number of aliphatic hydroxyl groups is 2. The largest absolute Gasteiger partial charge is 4.00 e. The molecule has 0 saturated carbocycles. The molecule has 0 radical (unpaired) electrons. The average Bonchev–Trinajstić information content (AvgIpc) is 2.61. The van der Waals surface area contributed by atoms with Gasteiger partial charge >= 0.3 is 240 Å². The van der Waals surface area contributed by atoms with Crippen LogP contribution in [0.2, 0.25) is 0 Å². The molecule has 22 nitrogen and oxygen atoms in total. The van der Waals surface area contributed by atoms with E-state index in [1.165, 1.54) is 0 Å². The summed E-state index contributed by atoms with van der Waals surface area (Å²) in [7, 11) is 2.00. The summed E-state index contributed by atoms with van der Waals surface area (Å²) in [6, 6.07) is 0. The molecule has 0 aromatic rings. The average molecular weight is 820 g/mol. The van der Waals surface area contributed by atoms with E-state index in [0.29, 0.717) is 9.80 Å². The second-order valence-corrected chi connectivity index (χ2v) is 4.77. The number of carbonyl (C=O) groups is 7. The van der Waals surface area contributed by atoms with Crippen LogP contribution in [0.1, 0.15) is 0 Å². The Morgan fingerprint density at radius 1 is 0.419 bits per heavy atom. The van der Waals surface area contributed by atoms with E-state index in [-0.39, 0.29) is 256 Å². The first-order valence-electron chi connectivity index (χ1n) is 7.97. The Hall–Kier alpha value is 3.39. The summed E-state index contributed by atoms with van der Waals surface area (Å²) in [4.78, 5) is 69.5. The predicted octanol–water partition coefficient (Wildman–Crippen LogP) is -27.9. The number of carbonyl (C=O) groups excluding carboxylic acids is 7. The molecular formula is C15H24Fe2K4N2O20+2. The minimum Gasteiger partial charge on any atom is -2.00 e. The minimum absolute atomic E-state index is 0. The molecule has 28 heteroatoms. The van der Waals surface area contributed by atoms with E-state index in [2.05, 4.69) is 0 Å². The molecule has 0 aromatic carbocycles. The number of aliphatic carboxylic acids is 6. The van der Waals surface area contributed by atoms with E-state index in [4.69, 9.17) is 25.2 Å². The number of aliphatic hydroxyl groups excluding tert-OH is 2. The van der Waals surface area contributed by atoms with E-state index in [1.54, 1.807) is 0 Å². The van der Waals surface area contributed by atoms with Crippen molar-refractivity contribution in [2.45, 2.75) is 0 Å². The summed E-state index contributed by atoms with van der Waals surface area (Å²) in [6.45, 7) is -4.74. The fraction of sp³-hybridized carbons (Fsp3) is 0.533. The number of hydrogen-bond acceptors (Lipinski definition) is 19. The topological polar surface area (TPSA) is 442 Å². The monoisotopic (exact) mass is 820 g/mol. The molecule has 0 aromatic heterocycles. The molecule has 232 valence electrons. The summed E-state index contributed by atoms with van der Waals surface area (Å²) >= 11 is 0. The zero-order valence-electron chi connectivity index (χ0n) is 23.8. The quantitative estimate of drug-likeness (QED) is 0.173. The van der Waals surface area contributed by atoms with Gasteiger partial charge in [0.25, 0.3) is 0 Å². The maximum absolute atomic E-state index is 9.99. The molecular weight excluding hydrogens is 796 g/mol. The molecule has 0 saturated heterocycles. The Bertz CT molecular complexity index is 542. The van der Waals surface area contributed by atoms with Crippen molar-refractivity contribution in [3.8, 4) is 0 Å². The van der Waals surface area contributed by atoms with Gasteiger partial charge in [-0.15, -0.1) is 0 Å². The summed E-state index contributed by atoms with van der Waals surface area (Å²) in [5, 5.41) is 90.6. The number of nitrogens with zero attached hydrogens (tertiary/aromatic N) is 2. The van der Waals surface area contributed by atoms with Crippen molar-refractivity contribution < 1.29 is 341 Å². The molecule has 0 spiro atoms. The van der Waals surface area contributed by atoms with Crippen LogP contribution in [-0.4, -0.2) is 126 Å². The first-order chi connectivity index (χ1) is 15.6.